The van der Waals surface area contributed by atoms with Crippen LogP contribution in [-0.4, -0.2) is 43.4 Å². The number of methoxy groups -OCH3 is 1. The number of carbonyl (C=O) groups excluding carboxylic acids is 2. The molecule has 2 aromatic rings. The number of aliphatic carboxylic acids is 1. The Morgan fingerprint density at radius 3 is 2.30 bits per heavy atom. The van der Waals surface area contributed by atoms with E-state index in [1.54, 1.807) is 49.4 Å². The molecule has 3 rings (SSSR count). The number of anilines is 1. The first-order valence-electron chi connectivity index (χ1n) is 9.96. The van der Waals surface area contributed by atoms with E-state index in [4.69, 9.17) is 37.8 Å². The van der Waals surface area contributed by atoms with Crippen LogP contribution < -0.4 is 10.2 Å². The molecule has 0 fully saturated rings. The monoisotopic (exact) mass is 492 g/mol. The zero-order chi connectivity index (χ0) is 24.1. The first kappa shape index (κ1) is 24.6. The highest BCUT2D eigenvalue weighted by atomic mass is 35.5. The second-order valence-electron chi connectivity index (χ2n) is 7.22. The summed E-state index contributed by atoms with van der Waals surface area (Å²) in [5.41, 5.74) is 1.89. The van der Waals surface area contributed by atoms with Gasteiger partial charge in [0.15, 0.2) is 0 Å². The summed E-state index contributed by atoms with van der Waals surface area (Å²) in [4.78, 5) is 38.5. The van der Waals surface area contributed by atoms with E-state index < -0.39 is 24.0 Å². The molecule has 8 nitrogen and oxygen atoms in total. The maximum atomic E-state index is 13.1. The average Bonchev–Trinajstić information content (AvgIpc) is 2.74. The van der Waals surface area contributed by atoms with Crippen LogP contribution in [0, 0.1) is 0 Å². The zero-order valence-corrected chi connectivity index (χ0v) is 19.4. The molecule has 0 aliphatic carbocycles. The second-order valence-corrected chi connectivity index (χ2v) is 8.03. The summed E-state index contributed by atoms with van der Waals surface area (Å²) in [7, 11) is 1.49. The number of carboxylic acids is 1. The van der Waals surface area contributed by atoms with Gasteiger partial charge in [0.2, 0.25) is 0 Å². The minimum absolute atomic E-state index is 0.0208. The molecule has 0 spiro atoms. The number of amides is 2. The highest BCUT2D eigenvalue weighted by Crippen LogP contribution is 2.39. The molecule has 0 radical (unpaired) electrons. The van der Waals surface area contributed by atoms with E-state index >= 15 is 0 Å². The van der Waals surface area contributed by atoms with Gasteiger partial charge in [0.25, 0.3) is 0 Å². The van der Waals surface area contributed by atoms with E-state index in [0.717, 1.165) is 0 Å². The van der Waals surface area contributed by atoms with Gasteiger partial charge in [-0.05, 0) is 36.8 Å². The highest BCUT2D eigenvalue weighted by molar-refractivity contribution is 6.36. The van der Waals surface area contributed by atoms with Crippen molar-refractivity contribution in [1.82, 2.24) is 5.32 Å². The van der Waals surface area contributed by atoms with Crippen molar-refractivity contribution < 1.29 is 29.0 Å². The van der Waals surface area contributed by atoms with Crippen LogP contribution in [0.1, 0.15) is 24.1 Å². The molecule has 10 heteroatoms. The zero-order valence-electron chi connectivity index (χ0n) is 17.9. The maximum absolute atomic E-state index is 13.1. The van der Waals surface area contributed by atoms with Crippen LogP contribution >= 0.6 is 23.2 Å². The number of carbonyl (C=O) groups is 3. The minimum atomic E-state index is -0.963. The van der Waals surface area contributed by atoms with Crippen molar-refractivity contribution in [1.29, 1.82) is 0 Å². The SMILES string of the molecule is COCCOC(=O)C1=C(C)N(c2ccc(CC(=O)O)cc2)C(=O)N[C@@H]1c1c(Cl)cccc1Cl. The molecule has 1 aliphatic rings. The number of nitrogens with one attached hydrogen (secondary N) is 1. The van der Waals surface area contributed by atoms with Gasteiger partial charge in [-0.15, -0.1) is 0 Å². The Hall–Kier alpha value is -3.07. The van der Waals surface area contributed by atoms with E-state index in [1.807, 2.05) is 0 Å². The lowest BCUT2D eigenvalue weighted by Gasteiger charge is -2.36. The average molecular weight is 493 g/mol. The van der Waals surface area contributed by atoms with Crippen LogP contribution in [0.25, 0.3) is 0 Å². The van der Waals surface area contributed by atoms with Gasteiger partial charge in [0.05, 0.1) is 30.3 Å². The molecule has 174 valence electrons. The van der Waals surface area contributed by atoms with Gasteiger partial charge >= 0.3 is 18.0 Å². The summed E-state index contributed by atoms with van der Waals surface area (Å²) in [6.45, 7) is 1.85. The van der Waals surface area contributed by atoms with Crippen molar-refractivity contribution in [3.8, 4) is 0 Å². The number of hydrogen-bond donors (Lipinski definition) is 2. The van der Waals surface area contributed by atoms with Crippen LogP contribution in [-0.2, 0) is 25.5 Å². The molecule has 2 aromatic carbocycles. The topological polar surface area (TPSA) is 105 Å². The van der Waals surface area contributed by atoms with E-state index in [9.17, 15) is 14.4 Å². The lowest BCUT2D eigenvalue weighted by molar-refractivity contribution is -0.141. The van der Waals surface area contributed by atoms with E-state index in [-0.39, 0.29) is 35.3 Å². The fourth-order valence-electron chi connectivity index (χ4n) is 3.55. The fraction of sp³-hybridized carbons (Fsp3) is 0.261. The molecule has 0 bridgehead atoms. The number of ether oxygens (including phenoxy) is 2. The highest BCUT2D eigenvalue weighted by Gasteiger charge is 2.39. The smallest absolute Gasteiger partial charge is 0.338 e. The molecule has 1 heterocycles. The third-order valence-corrected chi connectivity index (χ3v) is 5.72. The predicted octanol–water partition coefficient (Wildman–Crippen LogP) is 4.36. The van der Waals surface area contributed by atoms with Crippen molar-refractivity contribution in [2.45, 2.75) is 19.4 Å². The van der Waals surface area contributed by atoms with Gasteiger partial charge in [-0.2, -0.15) is 0 Å². The number of allylic oxidation sites excluding steroid dienone is 1. The van der Waals surface area contributed by atoms with Crippen LogP contribution in [0.3, 0.4) is 0 Å². The van der Waals surface area contributed by atoms with E-state index in [2.05, 4.69) is 5.32 Å². The van der Waals surface area contributed by atoms with Crippen molar-refractivity contribution in [3.05, 3.63) is 74.9 Å². The van der Waals surface area contributed by atoms with Gasteiger partial charge in [-0.3, -0.25) is 9.69 Å². The quantitative estimate of drug-likeness (QED) is 0.419. The standard InChI is InChI=1S/C23H22Cl2N2O6/c1-13-19(22(30)33-11-10-32-2)21(20-16(24)4-3-5-17(20)25)26-23(31)27(13)15-8-6-14(7-9-15)12-18(28)29/h3-9,21H,10-12H2,1-2H3,(H,26,31)(H,28,29)/t21-/m0/s1. The van der Waals surface area contributed by atoms with Crippen LogP contribution in [0.15, 0.2) is 53.7 Å². The predicted molar refractivity (Wildman–Crippen MR) is 124 cm³/mol. The van der Waals surface area contributed by atoms with Gasteiger partial charge < -0.3 is 19.9 Å². The minimum Gasteiger partial charge on any atom is -0.481 e. The summed E-state index contributed by atoms with van der Waals surface area (Å²) in [6.07, 6.45) is -0.147. The Bertz CT molecular complexity index is 1080. The third-order valence-electron chi connectivity index (χ3n) is 5.06. The van der Waals surface area contributed by atoms with Crippen molar-refractivity contribution in [2.24, 2.45) is 0 Å². The normalized spacial score (nSPS) is 15.9. The molecule has 0 unspecified atom stereocenters. The second kappa shape index (κ2) is 10.7. The molecule has 0 aromatic heterocycles. The lowest BCUT2D eigenvalue weighted by atomic mass is 9.94. The number of hydrogen-bond acceptors (Lipinski definition) is 5. The summed E-state index contributed by atoms with van der Waals surface area (Å²) >= 11 is 12.8. The first-order chi connectivity index (χ1) is 15.7. The number of halogens is 2. The van der Waals surface area contributed by atoms with Crippen molar-refractivity contribution in [2.75, 3.05) is 25.2 Å². The van der Waals surface area contributed by atoms with Gasteiger partial charge in [0, 0.05) is 28.4 Å². The van der Waals surface area contributed by atoms with E-state index in [1.165, 1.54) is 12.0 Å². The summed E-state index contributed by atoms with van der Waals surface area (Å²) in [5.74, 6) is -1.62. The summed E-state index contributed by atoms with van der Waals surface area (Å²) < 4.78 is 10.3. The van der Waals surface area contributed by atoms with Gasteiger partial charge in [-0.1, -0.05) is 41.4 Å². The first-order valence-corrected chi connectivity index (χ1v) is 10.7. The number of rotatable bonds is 8. The summed E-state index contributed by atoms with van der Waals surface area (Å²) in [5, 5.41) is 12.3. The Balaban J connectivity index is 2.08. The van der Waals surface area contributed by atoms with Gasteiger partial charge in [0.1, 0.15) is 6.61 Å². The molecule has 1 atom stereocenters. The maximum Gasteiger partial charge on any atom is 0.338 e. The third kappa shape index (κ3) is 5.47. The molecule has 0 saturated carbocycles. The molecule has 2 amide bonds. The largest absolute Gasteiger partial charge is 0.481 e. The Kier molecular flexibility index (Phi) is 7.97. The van der Waals surface area contributed by atoms with Crippen LogP contribution in [0.5, 0.6) is 0 Å². The van der Waals surface area contributed by atoms with Gasteiger partial charge in [-0.25, -0.2) is 9.59 Å². The Morgan fingerprint density at radius 2 is 1.73 bits per heavy atom. The lowest BCUT2D eigenvalue weighted by Crippen LogP contribution is -2.48. The number of esters is 1. The Labute approximate surface area is 200 Å². The number of urea groups is 1. The number of carboxylic acid groups (broad SMARTS) is 1. The molecule has 2 N–H and O–H groups in total. The van der Waals surface area contributed by atoms with E-state index in [0.29, 0.717) is 22.5 Å². The molecule has 1 aliphatic heterocycles. The van der Waals surface area contributed by atoms with Crippen molar-refractivity contribution >= 4 is 46.9 Å². The van der Waals surface area contributed by atoms with Crippen molar-refractivity contribution in [3.63, 3.8) is 0 Å². The Morgan fingerprint density at radius 1 is 1.09 bits per heavy atom. The molecule has 33 heavy (non-hydrogen) atoms. The molecular formula is C23H22Cl2N2O6. The van der Waals surface area contributed by atoms with Crippen LogP contribution in [0.2, 0.25) is 10.0 Å². The summed E-state index contributed by atoms with van der Waals surface area (Å²) in [6, 6.07) is 9.89. The molecular weight excluding hydrogens is 471 g/mol. The number of benzene rings is 2. The fourth-order valence-corrected chi connectivity index (χ4v) is 4.17. The van der Waals surface area contributed by atoms with Crippen LogP contribution in [0.4, 0.5) is 10.5 Å². The number of nitrogens with zero attached hydrogens (tertiary/aromatic N) is 1. The molecule has 0 saturated heterocycles.